The molecule has 0 aliphatic carbocycles. The van der Waals surface area contributed by atoms with Crippen molar-refractivity contribution in [3.8, 4) is 5.75 Å². The van der Waals surface area contributed by atoms with Crippen LogP contribution in [-0.4, -0.2) is 48.1 Å². The van der Waals surface area contributed by atoms with Crippen LogP contribution in [0.4, 0.5) is 0 Å². The molecule has 1 heterocycles. The Labute approximate surface area is 129 Å². The number of para-hydroxylation sites is 1. The third-order valence-corrected chi connectivity index (χ3v) is 3.74. The maximum Gasteiger partial charge on any atom is 0.243 e. The number of amides is 2. The molecule has 1 aromatic carbocycles. The second-order valence-electron chi connectivity index (χ2n) is 5.05. The van der Waals surface area contributed by atoms with Gasteiger partial charge in [0.15, 0.2) is 0 Å². The molecule has 1 aliphatic heterocycles. The molecule has 1 aromatic rings. The third-order valence-electron chi connectivity index (χ3n) is 3.74. The van der Waals surface area contributed by atoms with Crippen LogP contribution in [0.2, 0.25) is 0 Å². The fourth-order valence-electron chi connectivity index (χ4n) is 2.68. The number of ether oxygens (including phenoxy) is 1. The topological polar surface area (TPSA) is 78.9 Å². The first kappa shape index (κ1) is 16.0. The first-order chi connectivity index (χ1) is 10.6. The molecule has 0 radical (unpaired) electrons. The van der Waals surface area contributed by atoms with Gasteiger partial charge in [0.1, 0.15) is 5.75 Å². The highest BCUT2D eigenvalue weighted by Gasteiger charge is 2.38. The van der Waals surface area contributed by atoms with E-state index in [1.54, 1.807) is 18.1 Å². The Morgan fingerprint density at radius 1 is 1.50 bits per heavy atom. The minimum atomic E-state index is -0.657. The maximum atomic E-state index is 12.3. The van der Waals surface area contributed by atoms with Crippen LogP contribution in [0.15, 0.2) is 36.9 Å². The minimum Gasteiger partial charge on any atom is -0.496 e. The van der Waals surface area contributed by atoms with Crippen molar-refractivity contribution < 1.29 is 19.4 Å². The average Bonchev–Trinajstić information content (AvgIpc) is 2.93. The number of aliphatic hydroxyl groups excluding tert-OH is 1. The summed E-state index contributed by atoms with van der Waals surface area (Å²) in [5.74, 6) is -0.0222. The van der Waals surface area contributed by atoms with Gasteiger partial charge in [0.25, 0.3) is 0 Å². The Morgan fingerprint density at radius 2 is 2.23 bits per heavy atom. The second-order valence-corrected chi connectivity index (χ2v) is 5.05. The number of aliphatic hydroxyl groups is 1. The number of benzene rings is 1. The van der Waals surface area contributed by atoms with Gasteiger partial charge >= 0.3 is 0 Å². The van der Waals surface area contributed by atoms with E-state index in [4.69, 9.17) is 4.74 Å². The highest BCUT2D eigenvalue weighted by molar-refractivity contribution is 5.91. The van der Waals surface area contributed by atoms with Gasteiger partial charge in [-0.1, -0.05) is 24.8 Å². The molecule has 6 heteroatoms. The summed E-state index contributed by atoms with van der Waals surface area (Å²) in [7, 11) is 1.55. The summed E-state index contributed by atoms with van der Waals surface area (Å²) >= 11 is 0. The normalized spacial score (nSPS) is 20.5. The number of methoxy groups -OCH3 is 1. The molecule has 1 saturated heterocycles. The van der Waals surface area contributed by atoms with Crippen molar-refractivity contribution in [2.75, 3.05) is 20.2 Å². The van der Waals surface area contributed by atoms with E-state index in [0.29, 0.717) is 18.7 Å². The number of hydrogen-bond acceptors (Lipinski definition) is 4. The monoisotopic (exact) mass is 304 g/mol. The summed E-state index contributed by atoms with van der Waals surface area (Å²) < 4.78 is 5.32. The molecule has 1 aliphatic rings. The van der Waals surface area contributed by atoms with Crippen LogP contribution in [0.1, 0.15) is 18.0 Å². The Kier molecular flexibility index (Phi) is 5.16. The second kappa shape index (κ2) is 7.09. The van der Waals surface area contributed by atoms with E-state index < -0.39 is 18.1 Å². The lowest BCUT2D eigenvalue weighted by atomic mass is 10.0. The van der Waals surface area contributed by atoms with Gasteiger partial charge in [-0.25, -0.2) is 0 Å². The molecule has 118 valence electrons. The zero-order chi connectivity index (χ0) is 16.1. The molecule has 0 unspecified atom stereocenters. The molecular weight excluding hydrogens is 284 g/mol. The summed E-state index contributed by atoms with van der Waals surface area (Å²) in [6.07, 6.45) is 0.948. The number of likely N-dealkylation sites (tertiary alicyclic amines) is 1. The van der Waals surface area contributed by atoms with E-state index >= 15 is 0 Å². The molecule has 0 spiro atoms. The standard InChI is InChI=1S/C16H20N2O4/c1-3-14(20)17-10-15(21)18-9-8-12(19)16(18)11-6-4-5-7-13(11)22-2/h3-7,12,16,19H,1,8-10H2,2H3,(H,17,20)/t12-,16-/m1/s1. The Hall–Kier alpha value is -2.34. The van der Waals surface area contributed by atoms with Gasteiger partial charge in [0.05, 0.1) is 25.8 Å². The maximum absolute atomic E-state index is 12.3. The van der Waals surface area contributed by atoms with Crippen molar-refractivity contribution in [2.24, 2.45) is 0 Å². The van der Waals surface area contributed by atoms with Crippen LogP contribution >= 0.6 is 0 Å². The molecule has 0 aromatic heterocycles. The number of nitrogens with one attached hydrogen (secondary N) is 1. The van der Waals surface area contributed by atoms with Gasteiger partial charge in [0, 0.05) is 12.1 Å². The smallest absolute Gasteiger partial charge is 0.243 e. The minimum absolute atomic E-state index is 0.122. The number of carbonyl (C=O) groups excluding carboxylic acids is 2. The van der Waals surface area contributed by atoms with Crippen molar-refractivity contribution in [3.05, 3.63) is 42.5 Å². The summed E-state index contributed by atoms with van der Waals surface area (Å²) in [4.78, 5) is 25.1. The van der Waals surface area contributed by atoms with E-state index in [1.165, 1.54) is 0 Å². The van der Waals surface area contributed by atoms with Crippen molar-refractivity contribution in [2.45, 2.75) is 18.6 Å². The summed E-state index contributed by atoms with van der Waals surface area (Å²) in [6.45, 7) is 3.66. The van der Waals surface area contributed by atoms with Gasteiger partial charge in [-0.2, -0.15) is 0 Å². The number of carbonyl (C=O) groups is 2. The molecule has 0 saturated carbocycles. The van der Waals surface area contributed by atoms with Crippen molar-refractivity contribution in [1.82, 2.24) is 10.2 Å². The number of hydrogen-bond donors (Lipinski definition) is 2. The van der Waals surface area contributed by atoms with Gasteiger partial charge in [-0.05, 0) is 18.6 Å². The van der Waals surface area contributed by atoms with E-state index in [0.717, 1.165) is 11.6 Å². The lowest BCUT2D eigenvalue weighted by Crippen LogP contribution is -2.40. The molecule has 2 amide bonds. The highest BCUT2D eigenvalue weighted by atomic mass is 16.5. The molecule has 0 bridgehead atoms. The van der Waals surface area contributed by atoms with E-state index in [9.17, 15) is 14.7 Å². The highest BCUT2D eigenvalue weighted by Crippen LogP contribution is 2.37. The predicted octanol–water partition coefficient (Wildman–Crippen LogP) is 0.632. The molecule has 1 fully saturated rings. The molecule has 2 rings (SSSR count). The fraction of sp³-hybridized carbons (Fsp3) is 0.375. The van der Waals surface area contributed by atoms with Gasteiger partial charge < -0.3 is 20.1 Å². The molecule has 22 heavy (non-hydrogen) atoms. The Morgan fingerprint density at radius 3 is 2.91 bits per heavy atom. The predicted molar refractivity (Wildman–Crippen MR) is 81.3 cm³/mol. The van der Waals surface area contributed by atoms with Crippen molar-refractivity contribution in [1.29, 1.82) is 0 Å². The van der Waals surface area contributed by atoms with Crippen LogP contribution in [0.25, 0.3) is 0 Å². The molecular formula is C16H20N2O4. The van der Waals surface area contributed by atoms with Crippen LogP contribution in [0.3, 0.4) is 0 Å². The van der Waals surface area contributed by atoms with Crippen LogP contribution < -0.4 is 10.1 Å². The van der Waals surface area contributed by atoms with Crippen LogP contribution in [0.5, 0.6) is 5.75 Å². The first-order valence-electron chi connectivity index (χ1n) is 7.09. The largest absolute Gasteiger partial charge is 0.496 e. The fourth-order valence-corrected chi connectivity index (χ4v) is 2.68. The lowest BCUT2D eigenvalue weighted by Gasteiger charge is -2.28. The van der Waals surface area contributed by atoms with Gasteiger partial charge in [0.2, 0.25) is 11.8 Å². The molecule has 6 nitrogen and oxygen atoms in total. The Balaban J connectivity index is 2.19. The van der Waals surface area contributed by atoms with E-state index in [-0.39, 0.29) is 12.5 Å². The molecule has 2 atom stereocenters. The zero-order valence-electron chi connectivity index (χ0n) is 12.5. The van der Waals surface area contributed by atoms with Crippen LogP contribution in [-0.2, 0) is 9.59 Å². The SMILES string of the molecule is C=CC(=O)NCC(=O)N1CC[C@@H](O)[C@H]1c1ccccc1OC. The molecule has 2 N–H and O–H groups in total. The van der Waals surface area contributed by atoms with Gasteiger partial charge in [-0.15, -0.1) is 0 Å². The summed E-state index contributed by atoms with van der Waals surface area (Å²) in [6, 6.07) is 6.83. The summed E-state index contributed by atoms with van der Waals surface area (Å²) in [5, 5.41) is 12.7. The lowest BCUT2D eigenvalue weighted by molar-refractivity contribution is -0.133. The van der Waals surface area contributed by atoms with Crippen LogP contribution in [0, 0.1) is 0 Å². The van der Waals surface area contributed by atoms with E-state index in [2.05, 4.69) is 11.9 Å². The number of nitrogens with zero attached hydrogens (tertiary/aromatic N) is 1. The average molecular weight is 304 g/mol. The van der Waals surface area contributed by atoms with Crippen molar-refractivity contribution >= 4 is 11.8 Å². The first-order valence-corrected chi connectivity index (χ1v) is 7.09. The summed E-state index contributed by atoms with van der Waals surface area (Å²) in [5.41, 5.74) is 0.762. The van der Waals surface area contributed by atoms with E-state index in [1.807, 2.05) is 18.2 Å². The quantitative estimate of drug-likeness (QED) is 0.782. The third kappa shape index (κ3) is 3.28. The van der Waals surface area contributed by atoms with Crippen molar-refractivity contribution in [3.63, 3.8) is 0 Å². The zero-order valence-corrected chi connectivity index (χ0v) is 12.5. The van der Waals surface area contributed by atoms with Gasteiger partial charge in [-0.3, -0.25) is 9.59 Å². The number of rotatable bonds is 5. The Bertz CT molecular complexity index is 573.